The van der Waals surface area contributed by atoms with Crippen LogP contribution in [0.1, 0.15) is 13.8 Å². The molecule has 2 N–H and O–H groups in total. The lowest BCUT2D eigenvalue weighted by Crippen LogP contribution is -2.28. The van der Waals surface area contributed by atoms with Gasteiger partial charge in [0.1, 0.15) is 11.5 Å². The van der Waals surface area contributed by atoms with Gasteiger partial charge >= 0.3 is 0 Å². The zero-order valence-electron chi connectivity index (χ0n) is 17.6. The minimum Gasteiger partial charge on any atom is -0.497 e. The van der Waals surface area contributed by atoms with Crippen LogP contribution in [0.2, 0.25) is 0 Å². The first-order valence-corrected chi connectivity index (χ1v) is 12.0. The number of methoxy groups -OCH3 is 2. The van der Waals surface area contributed by atoms with E-state index in [9.17, 15) is 18.0 Å². The summed E-state index contributed by atoms with van der Waals surface area (Å²) in [5.74, 6) is -0.863. The maximum Gasteiger partial charge on any atom is 0.237 e. The number of carbonyl (C=O) groups excluding carboxylic acids is 2. The molecule has 0 aromatic heterocycles. The quantitative estimate of drug-likeness (QED) is 0.647. The van der Waals surface area contributed by atoms with Crippen molar-refractivity contribution in [2.24, 2.45) is 5.92 Å². The maximum absolute atomic E-state index is 12.9. The van der Waals surface area contributed by atoms with E-state index in [1.54, 1.807) is 38.1 Å². The molecule has 10 heteroatoms. The molecule has 2 atom stereocenters. The molecule has 31 heavy (non-hydrogen) atoms. The van der Waals surface area contributed by atoms with Crippen molar-refractivity contribution in [3.8, 4) is 11.5 Å². The van der Waals surface area contributed by atoms with Gasteiger partial charge < -0.3 is 20.1 Å². The molecule has 8 nitrogen and oxygen atoms in total. The Labute approximate surface area is 185 Å². The number of rotatable bonds is 7. The molecule has 0 saturated heterocycles. The maximum atomic E-state index is 12.9. The second-order valence-electron chi connectivity index (χ2n) is 7.15. The largest absolute Gasteiger partial charge is 0.497 e. The van der Waals surface area contributed by atoms with Gasteiger partial charge in [0.25, 0.3) is 0 Å². The Balaban J connectivity index is 1.74. The van der Waals surface area contributed by atoms with Crippen LogP contribution < -0.4 is 20.1 Å². The number of carbonyl (C=O) groups is 2. The first-order valence-electron chi connectivity index (χ1n) is 9.52. The number of anilines is 2. The first kappa shape index (κ1) is 23.0. The van der Waals surface area contributed by atoms with Crippen molar-refractivity contribution in [1.29, 1.82) is 0 Å². The van der Waals surface area contributed by atoms with Crippen LogP contribution in [-0.4, -0.2) is 45.5 Å². The number of amides is 2. The smallest absolute Gasteiger partial charge is 0.237 e. The predicted molar refractivity (Wildman–Crippen MR) is 120 cm³/mol. The summed E-state index contributed by atoms with van der Waals surface area (Å²) in [5, 5.41) is 5.19. The SMILES string of the molecule is COc1ccc(NC(=O)C(C)CS(=O)(=O)c2ccc3c(c2)NC(=O)C(C)S3)c(OC)c1. The molecule has 2 aromatic carbocycles. The van der Waals surface area contributed by atoms with Crippen molar-refractivity contribution in [2.45, 2.75) is 28.9 Å². The Bertz CT molecular complexity index is 1120. The highest BCUT2D eigenvalue weighted by Gasteiger charge is 2.27. The van der Waals surface area contributed by atoms with Crippen LogP contribution in [0.15, 0.2) is 46.2 Å². The highest BCUT2D eigenvalue weighted by molar-refractivity contribution is 8.01. The van der Waals surface area contributed by atoms with E-state index in [4.69, 9.17) is 9.47 Å². The van der Waals surface area contributed by atoms with Gasteiger partial charge in [-0.1, -0.05) is 6.92 Å². The number of hydrogen-bond acceptors (Lipinski definition) is 7. The van der Waals surface area contributed by atoms with E-state index in [0.717, 1.165) is 4.90 Å². The number of sulfone groups is 1. The van der Waals surface area contributed by atoms with E-state index < -0.39 is 21.7 Å². The Morgan fingerprint density at radius 2 is 1.94 bits per heavy atom. The van der Waals surface area contributed by atoms with E-state index in [1.807, 2.05) is 0 Å². The van der Waals surface area contributed by atoms with Crippen LogP contribution >= 0.6 is 11.8 Å². The average molecular weight is 465 g/mol. The van der Waals surface area contributed by atoms with E-state index in [1.165, 1.54) is 38.1 Å². The molecule has 0 bridgehead atoms. The molecule has 1 heterocycles. The normalized spacial score (nSPS) is 16.6. The van der Waals surface area contributed by atoms with Gasteiger partial charge in [-0.15, -0.1) is 11.8 Å². The second kappa shape index (κ2) is 9.19. The van der Waals surface area contributed by atoms with Crippen LogP contribution in [0.4, 0.5) is 11.4 Å². The topological polar surface area (TPSA) is 111 Å². The summed E-state index contributed by atoms with van der Waals surface area (Å²) >= 11 is 1.37. The van der Waals surface area contributed by atoms with E-state index in [0.29, 0.717) is 22.9 Å². The summed E-state index contributed by atoms with van der Waals surface area (Å²) in [7, 11) is -0.777. The Kier molecular flexibility index (Phi) is 6.80. The molecule has 1 aliphatic rings. The van der Waals surface area contributed by atoms with Crippen LogP contribution in [0.25, 0.3) is 0 Å². The van der Waals surface area contributed by atoms with Gasteiger partial charge in [0, 0.05) is 16.9 Å². The molecule has 166 valence electrons. The Morgan fingerprint density at radius 1 is 1.19 bits per heavy atom. The molecule has 0 spiro atoms. The van der Waals surface area contributed by atoms with Crippen LogP contribution in [0, 0.1) is 5.92 Å². The van der Waals surface area contributed by atoms with E-state index in [-0.39, 0.29) is 21.8 Å². The van der Waals surface area contributed by atoms with Crippen molar-refractivity contribution in [3.63, 3.8) is 0 Å². The minimum absolute atomic E-state index is 0.0587. The van der Waals surface area contributed by atoms with Gasteiger partial charge in [-0.3, -0.25) is 9.59 Å². The number of thioether (sulfide) groups is 1. The van der Waals surface area contributed by atoms with Gasteiger partial charge in [0.15, 0.2) is 9.84 Å². The molecular weight excluding hydrogens is 440 g/mol. The molecule has 0 aliphatic carbocycles. The van der Waals surface area contributed by atoms with Crippen molar-refractivity contribution in [1.82, 2.24) is 0 Å². The van der Waals surface area contributed by atoms with Gasteiger partial charge in [0.2, 0.25) is 11.8 Å². The lowest BCUT2D eigenvalue weighted by molar-refractivity contribution is -0.119. The summed E-state index contributed by atoms with van der Waals surface area (Å²) in [5.41, 5.74) is 0.884. The zero-order chi connectivity index (χ0) is 22.8. The lowest BCUT2D eigenvalue weighted by Gasteiger charge is -2.22. The summed E-state index contributed by atoms with van der Waals surface area (Å²) in [4.78, 5) is 25.4. The predicted octanol–water partition coefficient (Wildman–Crippen LogP) is 3.19. The van der Waals surface area contributed by atoms with Crippen molar-refractivity contribution in [3.05, 3.63) is 36.4 Å². The van der Waals surface area contributed by atoms with E-state index >= 15 is 0 Å². The van der Waals surface area contributed by atoms with Crippen molar-refractivity contribution < 1.29 is 27.5 Å². The monoisotopic (exact) mass is 464 g/mol. The van der Waals surface area contributed by atoms with Crippen molar-refractivity contribution in [2.75, 3.05) is 30.6 Å². The number of ether oxygens (including phenoxy) is 2. The van der Waals surface area contributed by atoms with Crippen LogP contribution in [0.3, 0.4) is 0 Å². The first-order chi connectivity index (χ1) is 14.6. The molecular formula is C21H24N2O6S2. The Hall–Kier alpha value is -2.72. The molecule has 0 fully saturated rings. The summed E-state index contributed by atoms with van der Waals surface area (Å²) < 4.78 is 36.2. The fourth-order valence-corrected chi connectivity index (χ4v) is 5.55. The third-order valence-electron chi connectivity index (χ3n) is 4.82. The molecule has 0 saturated carbocycles. The molecule has 2 aromatic rings. The molecule has 2 amide bonds. The molecule has 0 radical (unpaired) electrons. The van der Waals surface area contributed by atoms with E-state index in [2.05, 4.69) is 10.6 Å². The molecule has 2 unspecified atom stereocenters. The fraction of sp³-hybridized carbons (Fsp3) is 0.333. The standard InChI is InChI=1S/C21H24N2O6S2/c1-12(20(24)22-16-7-5-14(28-3)9-18(16)29-4)11-31(26,27)15-6-8-19-17(10-15)23-21(25)13(2)30-19/h5-10,12-13H,11H2,1-4H3,(H,22,24)(H,23,25). The van der Waals surface area contributed by atoms with Crippen LogP contribution in [0.5, 0.6) is 11.5 Å². The molecule has 1 aliphatic heterocycles. The van der Waals surface area contributed by atoms with Gasteiger partial charge in [0.05, 0.1) is 41.5 Å². The highest BCUT2D eigenvalue weighted by atomic mass is 32.2. The average Bonchev–Trinajstić information content (AvgIpc) is 2.74. The number of nitrogens with one attached hydrogen (secondary N) is 2. The summed E-state index contributed by atoms with van der Waals surface area (Å²) in [6, 6.07) is 9.54. The van der Waals surface area contributed by atoms with Crippen molar-refractivity contribution >= 4 is 44.8 Å². The van der Waals surface area contributed by atoms with Gasteiger partial charge in [-0.25, -0.2) is 8.42 Å². The highest BCUT2D eigenvalue weighted by Crippen LogP contribution is 2.37. The Morgan fingerprint density at radius 3 is 2.61 bits per heavy atom. The zero-order valence-corrected chi connectivity index (χ0v) is 19.2. The van der Waals surface area contributed by atoms with Gasteiger partial charge in [-0.05, 0) is 37.3 Å². The number of fused-ring (bicyclic) bond motifs is 1. The summed E-state index contributed by atoms with van der Waals surface area (Å²) in [6.45, 7) is 3.33. The van der Waals surface area contributed by atoms with Crippen LogP contribution in [-0.2, 0) is 19.4 Å². The third kappa shape index (κ3) is 5.13. The molecule has 3 rings (SSSR count). The van der Waals surface area contributed by atoms with Gasteiger partial charge in [-0.2, -0.15) is 0 Å². The lowest BCUT2D eigenvalue weighted by atomic mass is 10.2. The summed E-state index contributed by atoms with van der Waals surface area (Å²) in [6.07, 6.45) is 0. The minimum atomic E-state index is -3.76. The second-order valence-corrected chi connectivity index (χ2v) is 10.6. The number of hydrogen-bond donors (Lipinski definition) is 2. The number of benzene rings is 2. The fourth-order valence-electron chi connectivity index (χ4n) is 3.04. The third-order valence-corrected chi connectivity index (χ3v) is 7.91.